The summed E-state index contributed by atoms with van der Waals surface area (Å²) >= 11 is 0. The third kappa shape index (κ3) is 6.14. The number of methoxy groups -OCH3 is 1. The minimum Gasteiger partial charge on any atom is -0.497 e. The van der Waals surface area contributed by atoms with E-state index in [0.29, 0.717) is 19.5 Å². The number of rotatable bonds is 7. The first-order chi connectivity index (χ1) is 14.7. The second-order valence-electron chi connectivity index (χ2n) is 7.16. The summed E-state index contributed by atoms with van der Waals surface area (Å²) in [5.74, 6) is 1.75. The largest absolute Gasteiger partial charge is 0.497 e. The smallest absolute Gasteiger partial charge is 0.222 e. The molecule has 0 spiro atoms. The van der Waals surface area contributed by atoms with Crippen LogP contribution in [0, 0.1) is 0 Å². The predicted molar refractivity (Wildman–Crippen MR) is 121 cm³/mol. The molecule has 2 aromatic rings. The second kappa shape index (κ2) is 11.1. The van der Waals surface area contributed by atoms with Crippen molar-refractivity contribution >= 4 is 17.6 Å². The monoisotopic (exact) mass is 409 g/mol. The number of piperazine rings is 1. The Morgan fingerprint density at radius 1 is 1.03 bits per heavy atom. The quantitative estimate of drug-likeness (QED) is 0.541. The number of carbonyl (C=O) groups is 1. The van der Waals surface area contributed by atoms with Crippen LogP contribution < -0.4 is 20.3 Å². The zero-order valence-corrected chi connectivity index (χ0v) is 17.8. The number of anilines is 1. The number of hydrogen-bond acceptors (Lipinski definition) is 4. The standard InChI is InChI=1S/C23H31N5O2/c1-24-23(25-12-11-22(29)26-18-19-7-4-3-5-8-19)28-15-13-27(14-16-28)20-9-6-10-21(17-20)30-2/h3-10,17H,11-16,18H2,1-2H3,(H,24,25)(H,26,29). The van der Waals surface area contributed by atoms with E-state index in [9.17, 15) is 4.79 Å². The van der Waals surface area contributed by atoms with Gasteiger partial charge >= 0.3 is 0 Å². The number of amides is 1. The zero-order valence-electron chi connectivity index (χ0n) is 17.8. The summed E-state index contributed by atoms with van der Waals surface area (Å²) in [6.45, 7) is 4.68. The molecule has 0 atom stereocenters. The van der Waals surface area contributed by atoms with E-state index >= 15 is 0 Å². The normalized spacial score (nSPS) is 14.4. The molecule has 1 amide bonds. The van der Waals surface area contributed by atoms with Gasteiger partial charge < -0.3 is 25.2 Å². The van der Waals surface area contributed by atoms with Crippen molar-refractivity contribution in [1.29, 1.82) is 0 Å². The highest BCUT2D eigenvalue weighted by Crippen LogP contribution is 2.22. The minimum absolute atomic E-state index is 0.0321. The summed E-state index contributed by atoms with van der Waals surface area (Å²) < 4.78 is 5.33. The maximum Gasteiger partial charge on any atom is 0.222 e. The van der Waals surface area contributed by atoms with Crippen LogP contribution in [0.4, 0.5) is 5.69 Å². The van der Waals surface area contributed by atoms with Crippen molar-refractivity contribution in [3.63, 3.8) is 0 Å². The number of guanidine groups is 1. The molecule has 1 heterocycles. The average Bonchev–Trinajstić information content (AvgIpc) is 2.81. The molecule has 0 unspecified atom stereocenters. The number of benzene rings is 2. The van der Waals surface area contributed by atoms with Gasteiger partial charge in [0, 0.05) is 64.5 Å². The highest BCUT2D eigenvalue weighted by Gasteiger charge is 2.20. The number of aliphatic imine (C=N–C) groups is 1. The maximum absolute atomic E-state index is 12.1. The van der Waals surface area contributed by atoms with Gasteiger partial charge in [0.25, 0.3) is 0 Å². The number of nitrogens with zero attached hydrogens (tertiary/aromatic N) is 3. The van der Waals surface area contributed by atoms with Crippen molar-refractivity contribution in [2.24, 2.45) is 4.99 Å². The molecule has 2 N–H and O–H groups in total. The second-order valence-corrected chi connectivity index (χ2v) is 7.16. The molecular formula is C23H31N5O2. The summed E-state index contributed by atoms with van der Waals surface area (Å²) in [7, 11) is 3.47. The molecule has 0 saturated carbocycles. The highest BCUT2D eigenvalue weighted by atomic mass is 16.5. The first-order valence-corrected chi connectivity index (χ1v) is 10.3. The third-order valence-corrected chi connectivity index (χ3v) is 5.18. The molecule has 160 valence electrons. The van der Waals surface area contributed by atoms with E-state index in [1.54, 1.807) is 14.2 Å². The van der Waals surface area contributed by atoms with Gasteiger partial charge in [0.1, 0.15) is 5.75 Å². The minimum atomic E-state index is 0.0321. The molecule has 2 aromatic carbocycles. The van der Waals surface area contributed by atoms with Gasteiger partial charge in [-0.2, -0.15) is 0 Å². The molecule has 0 aromatic heterocycles. The van der Waals surface area contributed by atoms with Crippen molar-refractivity contribution < 1.29 is 9.53 Å². The molecule has 1 fully saturated rings. The molecule has 1 aliphatic rings. The van der Waals surface area contributed by atoms with Crippen molar-refractivity contribution in [3.8, 4) is 5.75 Å². The van der Waals surface area contributed by atoms with Crippen LogP contribution in [0.1, 0.15) is 12.0 Å². The SMILES string of the molecule is CN=C(NCCC(=O)NCc1ccccc1)N1CCN(c2cccc(OC)c2)CC1. The Bertz CT molecular complexity index is 832. The maximum atomic E-state index is 12.1. The summed E-state index contributed by atoms with van der Waals surface area (Å²) in [6, 6.07) is 18.1. The van der Waals surface area contributed by atoms with Crippen LogP contribution in [0.2, 0.25) is 0 Å². The Morgan fingerprint density at radius 2 is 1.80 bits per heavy atom. The van der Waals surface area contributed by atoms with E-state index in [-0.39, 0.29) is 5.91 Å². The summed E-state index contributed by atoms with van der Waals surface area (Å²) in [6.07, 6.45) is 0.412. The zero-order chi connectivity index (χ0) is 21.2. The molecule has 1 aliphatic heterocycles. The Kier molecular flexibility index (Phi) is 7.94. The summed E-state index contributed by atoms with van der Waals surface area (Å²) in [5, 5.41) is 6.27. The third-order valence-electron chi connectivity index (χ3n) is 5.18. The van der Waals surface area contributed by atoms with Crippen molar-refractivity contribution in [1.82, 2.24) is 15.5 Å². The van der Waals surface area contributed by atoms with Crippen LogP contribution in [0.3, 0.4) is 0 Å². The van der Waals surface area contributed by atoms with Crippen LogP contribution in [0.5, 0.6) is 5.75 Å². The van der Waals surface area contributed by atoms with Gasteiger partial charge in [0.05, 0.1) is 7.11 Å². The van der Waals surface area contributed by atoms with E-state index in [1.807, 2.05) is 42.5 Å². The Hall–Kier alpha value is -3.22. The lowest BCUT2D eigenvalue weighted by Gasteiger charge is -2.37. The lowest BCUT2D eigenvalue weighted by molar-refractivity contribution is -0.121. The van der Waals surface area contributed by atoms with E-state index in [2.05, 4.69) is 37.6 Å². The number of hydrogen-bond donors (Lipinski definition) is 2. The van der Waals surface area contributed by atoms with Gasteiger partial charge in [0.15, 0.2) is 5.96 Å². The molecule has 3 rings (SSSR count). The van der Waals surface area contributed by atoms with Gasteiger partial charge in [-0.15, -0.1) is 0 Å². The van der Waals surface area contributed by atoms with Crippen molar-refractivity contribution in [2.75, 3.05) is 51.8 Å². The van der Waals surface area contributed by atoms with Crippen molar-refractivity contribution in [3.05, 3.63) is 60.2 Å². The molecule has 0 radical (unpaired) electrons. The van der Waals surface area contributed by atoms with Gasteiger partial charge in [-0.25, -0.2) is 0 Å². The molecule has 7 nitrogen and oxygen atoms in total. The van der Waals surface area contributed by atoms with E-state index < -0.39 is 0 Å². The Labute approximate surface area is 178 Å². The van der Waals surface area contributed by atoms with Gasteiger partial charge in [-0.3, -0.25) is 9.79 Å². The Balaban J connectivity index is 1.39. The lowest BCUT2D eigenvalue weighted by atomic mass is 10.2. The molecule has 7 heteroatoms. The van der Waals surface area contributed by atoms with Gasteiger partial charge in [0.2, 0.25) is 5.91 Å². The summed E-state index contributed by atoms with van der Waals surface area (Å²) in [4.78, 5) is 21.1. The average molecular weight is 410 g/mol. The summed E-state index contributed by atoms with van der Waals surface area (Å²) in [5.41, 5.74) is 2.27. The van der Waals surface area contributed by atoms with Crippen LogP contribution in [0.15, 0.2) is 59.6 Å². The van der Waals surface area contributed by atoms with Crippen LogP contribution in [-0.2, 0) is 11.3 Å². The van der Waals surface area contributed by atoms with E-state index in [0.717, 1.165) is 43.5 Å². The fraction of sp³-hybridized carbons (Fsp3) is 0.391. The number of ether oxygens (including phenoxy) is 1. The predicted octanol–water partition coefficient (Wildman–Crippen LogP) is 2.10. The van der Waals surface area contributed by atoms with Gasteiger partial charge in [-0.05, 0) is 17.7 Å². The van der Waals surface area contributed by atoms with E-state index in [4.69, 9.17) is 4.74 Å². The molecule has 30 heavy (non-hydrogen) atoms. The lowest BCUT2D eigenvalue weighted by Crippen LogP contribution is -2.52. The first kappa shape index (κ1) is 21.5. The fourth-order valence-electron chi connectivity index (χ4n) is 3.49. The molecule has 0 bridgehead atoms. The number of nitrogens with one attached hydrogen (secondary N) is 2. The fourth-order valence-corrected chi connectivity index (χ4v) is 3.49. The first-order valence-electron chi connectivity index (χ1n) is 10.3. The highest BCUT2D eigenvalue weighted by molar-refractivity contribution is 5.81. The van der Waals surface area contributed by atoms with Crippen LogP contribution in [0.25, 0.3) is 0 Å². The molecular weight excluding hydrogens is 378 g/mol. The van der Waals surface area contributed by atoms with Crippen LogP contribution in [-0.4, -0.2) is 63.6 Å². The molecule has 1 saturated heterocycles. The van der Waals surface area contributed by atoms with Gasteiger partial charge in [-0.1, -0.05) is 36.4 Å². The van der Waals surface area contributed by atoms with E-state index in [1.165, 1.54) is 5.69 Å². The van der Waals surface area contributed by atoms with Crippen molar-refractivity contribution in [2.45, 2.75) is 13.0 Å². The molecule has 0 aliphatic carbocycles. The number of carbonyl (C=O) groups excluding carboxylic acids is 1. The Morgan fingerprint density at radius 3 is 2.50 bits per heavy atom. The van der Waals surface area contributed by atoms with Crippen LogP contribution >= 0.6 is 0 Å². The topological polar surface area (TPSA) is 69.2 Å².